The number of hydrogen-bond acceptors (Lipinski definition) is 2. The van der Waals surface area contributed by atoms with E-state index in [1.54, 1.807) is 18.2 Å². The van der Waals surface area contributed by atoms with Crippen molar-refractivity contribution in [1.82, 2.24) is 0 Å². The molecule has 1 atom stereocenters. The van der Waals surface area contributed by atoms with Gasteiger partial charge in [-0.1, -0.05) is 42.8 Å². The van der Waals surface area contributed by atoms with E-state index in [-0.39, 0.29) is 0 Å². The minimum absolute atomic E-state index is 0.334. The molecule has 0 amide bonds. The van der Waals surface area contributed by atoms with E-state index in [1.165, 1.54) is 0 Å². The van der Waals surface area contributed by atoms with Crippen LogP contribution in [0.2, 0.25) is 5.02 Å². The number of carboxylic acid groups (broad SMARTS) is 1. The highest BCUT2D eigenvalue weighted by atomic mass is 35.5. The van der Waals surface area contributed by atoms with E-state index in [0.717, 1.165) is 23.1 Å². The summed E-state index contributed by atoms with van der Waals surface area (Å²) < 4.78 is 5.66. The number of benzene rings is 2. The van der Waals surface area contributed by atoms with Gasteiger partial charge in [-0.3, -0.25) is 0 Å². The number of carboxylic acids is 1. The zero-order chi connectivity index (χ0) is 16.1. The van der Waals surface area contributed by atoms with Crippen LogP contribution >= 0.6 is 11.6 Å². The molecular formula is C18H19ClO3. The van der Waals surface area contributed by atoms with E-state index in [0.29, 0.717) is 17.2 Å². The van der Waals surface area contributed by atoms with Crippen molar-refractivity contribution >= 4 is 17.6 Å². The topological polar surface area (TPSA) is 46.5 Å². The second-order valence-electron chi connectivity index (χ2n) is 5.18. The Labute approximate surface area is 135 Å². The molecule has 0 fully saturated rings. The molecule has 0 spiro atoms. The van der Waals surface area contributed by atoms with Crippen LogP contribution in [0.1, 0.15) is 23.6 Å². The van der Waals surface area contributed by atoms with Gasteiger partial charge in [-0.2, -0.15) is 0 Å². The molecule has 116 valence electrons. The molecule has 0 saturated heterocycles. The van der Waals surface area contributed by atoms with E-state index < -0.39 is 12.1 Å². The maximum absolute atomic E-state index is 11.5. The van der Waals surface area contributed by atoms with Gasteiger partial charge in [-0.25, -0.2) is 4.79 Å². The van der Waals surface area contributed by atoms with Crippen LogP contribution in [-0.4, -0.2) is 17.2 Å². The summed E-state index contributed by atoms with van der Waals surface area (Å²) >= 11 is 5.98. The molecule has 0 aliphatic rings. The second-order valence-corrected chi connectivity index (χ2v) is 5.59. The summed E-state index contributed by atoms with van der Waals surface area (Å²) in [5, 5.41) is 10.1. The third kappa shape index (κ3) is 4.01. The highest BCUT2D eigenvalue weighted by molar-refractivity contribution is 6.31. The zero-order valence-corrected chi connectivity index (χ0v) is 13.4. The number of halogens is 1. The number of aliphatic carboxylic acids is 1. The zero-order valence-electron chi connectivity index (χ0n) is 12.7. The summed E-state index contributed by atoms with van der Waals surface area (Å²) in [5.74, 6) is -0.457. The third-order valence-electron chi connectivity index (χ3n) is 3.59. The minimum Gasteiger partial charge on any atom is -0.478 e. The molecule has 22 heavy (non-hydrogen) atoms. The van der Waals surface area contributed by atoms with Gasteiger partial charge < -0.3 is 9.84 Å². The van der Waals surface area contributed by atoms with Gasteiger partial charge in [-0.15, -0.1) is 0 Å². The monoisotopic (exact) mass is 318 g/mol. The fourth-order valence-corrected chi connectivity index (χ4v) is 2.45. The van der Waals surface area contributed by atoms with Crippen LogP contribution in [0.5, 0.6) is 5.75 Å². The van der Waals surface area contributed by atoms with Crippen molar-refractivity contribution in [2.45, 2.75) is 32.8 Å². The number of hydrogen-bond donors (Lipinski definition) is 1. The maximum atomic E-state index is 11.5. The molecule has 2 aromatic carbocycles. The third-order valence-corrected chi connectivity index (χ3v) is 4.01. The average molecular weight is 319 g/mol. The molecule has 4 heteroatoms. The molecule has 0 saturated carbocycles. The lowest BCUT2D eigenvalue weighted by Crippen LogP contribution is -2.29. The van der Waals surface area contributed by atoms with Crippen molar-refractivity contribution in [1.29, 1.82) is 0 Å². The summed E-state index contributed by atoms with van der Waals surface area (Å²) in [6.45, 7) is 3.91. The maximum Gasteiger partial charge on any atom is 0.345 e. The lowest BCUT2D eigenvalue weighted by atomic mass is 10.00. The van der Waals surface area contributed by atoms with Gasteiger partial charge in [0.25, 0.3) is 0 Å². The average Bonchev–Trinajstić information content (AvgIpc) is 2.50. The largest absolute Gasteiger partial charge is 0.478 e. The van der Waals surface area contributed by atoms with Crippen LogP contribution in [0.4, 0.5) is 0 Å². The molecule has 0 aromatic heterocycles. The number of carbonyl (C=O) groups is 1. The molecule has 3 nitrogen and oxygen atoms in total. The molecule has 0 radical (unpaired) electrons. The molecular weight excluding hydrogens is 300 g/mol. The Kier molecular flexibility index (Phi) is 5.45. The fourth-order valence-electron chi connectivity index (χ4n) is 2.34. The van der Waals surface area contributed by atoms with Crippen LogP contribution in [0.3, 0.4) is 0 Å². The van der Waals surface area contributed by atoms with Gasteiger partial charge in [0, 0.05) is 11.4 Å². The first-order valence-corrected chi connectivity index (χ1v) is 7.61. The lowest BCUT2D eigenvalue weighted by molar-refractivity contribution is -0.145. The van der Waals surface area contributed by atoms with E-state index >= 15 is 0 Å². The summed E-state index contributed by atoms with van der Waals surface area (Å²) in [6.07, 6.45) is 0.275. The Hall–Kier alpha value is -2.00. The summed E-state index contributed by atoms with van der Waals surface area (Å²) in [4.78, 5) is 11.5. The van der Waals surface area contributed by atoms with Crippen molar-refractivity contribution in [3.63, 3.8) is 0 Å². The van der Waals surface area contributed by atoms with Gasteiger partial charge in [0.05, 0.1) is 0 Å². The first-order chi connectivity index (χ1) is 10.5. The number of aryl methyl sites for hydroxylation is 2. The first-order valence-electron chi connectivity index (χ1n) is 7.23. The van der Waals surface area contributed by atoms with Crippen molar-refractivity contribution in [3.8, 4) is 5.75 Å². The van der Waals surface area contributed by atoms with Crippen molar-refractivity contribution in [3.05, 3.63) is 64.2 Å². The van der Waals surface area contributed by atoms with Gasteiger partial charge in [0.2, 0.25) is 0 Å². The van der Waals surface area contributed by atoms with Crippen LogP contribution in [0.25, 0.3) is 0 Å². The van der Waals surface area contributed by atoms with Crippen LogP contribution < -0.4 is 4.74 Å². The molecule has 2 rings (SSSR count). The molecule has 2 aromatic rings. The van der Waals surface area contributed by atoms with E-state index in [9.17, 15) is 9.90 Å². The Morgan fingerprint density at radius 2 is 1.91 bits per heavy atom. The smallest absolute Gasteiger partial charge is 0.345 e. The van der Waals surface area contributed by atoms with Crippen LogP contribution in [-0.2, 0) is 17.6 Å². The lowest BCUT2D eigenvalue weighted by Gasteiger charge is -2.17. The summed E-state index contributed by atoms with van der Waals surface area (Å²) in [7, 11) is 0. The van der Waals surface area contributed by atoms with E-state index in [2.05, 4.69) is 6.92 Å². The standard InChI is InChI=1S/C18H19ClO3/c1-3-13-6-4-5-7-14(13)11-17(18(20)21)22-15-8-9-16(19)12(2)10-15/h4-10,17H,3,11H2,1-2H3,(H,20,21)/t17-/m0/s1. The summed E-state index contributed by atoms with van der Waals surface area (Å²) in [6, 6.07) is 13.0. The SMILES string of the molecule is CCc1ccccc1C[C@H](Oc1ccc(Cl)c(C)c1)C(=O)O. The van der Waals surface area contributed by atoms with E-state index in [4.69, 9.17) is 16.3 Å². The van der Waals surface area contributed by atoms with Crippen LogP contribution in [0.15, 0.2) is 42.5 Å². The van der Waals surface area contributed by atoms with E-state index in [1.807, 2.05) is 31.2 Å². The number of rotatable bonds is 6. The van der Waals surface area contributed by atoms with Crippen molar-refractivity contribution in [2.75, 3.05) is 0 Å². The summed E-state index contributed by atoms with van der Waals surface area (Å²) in [5.41, 5.74) is 3.00. The predicted octanol–water partition coefficient (Wildman–Crippen LogP) is 4.29. The molecule has 1 N–H and O–H groups in total. The minimum atomic E-state index is -0.974. The fraction of sp³-hybridized carbons (Fsp3) is 0.278. The van der Waals surface area contributed by atoms with Crippen molar-refractivity contribution in [2.24, 2.45) is 0 Å². The number of ether oxygens (including phenoxy) is 1. The normalized spacial score (nSPS) is 12.0. The Morgan fingerprint density at radius 1 is 1.23 bits per heavy atom. The van der Waals surface area contributed by atoms with Gasteiger partial charge >= 0.3 is 5.97 Å². The highest BCUT2D eigenvalue weighted by Gasteiger charge is 2.21. The molecule has 0 aliphatic heterocycles. The van der Waals surface area contributed by atoms with Gasteiger partial charge in [-0.05, 0) is 48.2 Å². The Bertz CT molecular complexity index is 667. The van der Waals surface area contributed by atoms with Crippen LogP contribution in [0, 0.1) is 6.92 Å². The van der Waals surface area contributed by atoms with Gasteiger partial charge in [0.1, 0.15) is 5.75 Å². The molecule has 0 heterocycles. The Morgan fingerprint density at radius 3 is 2.50 bits per heavy atom. The van der Waals surface area contributed by atoms with Gasteiger partial charge in [0.15, 0.2) is 6.10 Å². The molecule has 0 aliphatic carbocycles. The Balaban J connectivity index is 2.20. The second kappa shape index (κ2) is 7.32. The molecule has 0 unspecified atom stereocenters. The first kappa shape index (κ1) is 16.4. The highest BCUT2D eigenvalue weighted by Crippen LogP contribution is 2.23. The predicted molar refractivity (Wildman–Crippen MR) is 87.8 cm³/mol. The molecule has 0 bridgehead atoms. The quantitative estimate of drug-likeness (QED) is 0.864. The van der Waals surface area contributed by atoms with Crippen molar-refractivity contribution < 1.29 is 14.6 Å².